The number of benzene rings is 1. The van der Waals surface area contributed by atoms with Gasteiger partial charge in [0.1, 0.15) is 5.00 Å². The van der Waals surface area contributed by atoms with E-state index in [2.05, 4.69) is 5.32 Å². The minimum Gasteiger partial charge on any atom is -0.493 e. The maximum Gasteiger partial charge on any atom is 0.331 e. The van der Waals surface area contributed by atoms with Gasteiger partial charge in [0.15, 0.2) is 18.1 Å². The van der Waals surface area contributed by atoms with Gasteiger partial charge in [-0.1, -0.05) is 11.6 Å². The molecular weight excluding hydrogens is 408 g/mol. The number of hydrogen-bond donors (Lipinski definition) is 2. The lowest BCUT2D eigenvalue weighted by atomic mass is 10.2. The molecule has 0 aliphatic carbocycles. The van der Waals surface area contributed by atoms with E-state index in [0.717, 1.165) is 17.4 Å². The molecule has 0 aliphatic heterocycles. The molecule has 0 bridgehead atoms. The lowest BCUT2D eigenvalue weighted by molar-refractivity contribution is -0.142. The van der Waals surface area contributed by atoms with E-state index in [1.54, 1.807) is 17.5 Å². The third-order valence-electron chi connectivity index (χ3n) is 3.40. The largest absolute Gasteiger partial charge is 0.493 e. The van der Waals surface area contributed by atoms with Crippen molar-refractivity contribution in [2.75, 3.05) is 26.1 Å². The van der Waals surface area contributed by atoms with E-state index >= 15 is 0 Å². The quantitative estimate of drug-likeness (QED) is 0.497. The Morgan fingerprint density at radius 1 is 1.25 bits per heavy atom. The predicted octanol–water partition coefficient (Wildman–Crippen LogP) is 2.71. The Balaban J connectivity index is 1.93. The van der Waals surface area contributed by atoms with Crippen LogP contribution in [0.15, 0.2) is 29.7 Å². The van der Waals surface area contributed by atoms with Crippen LogP contribution in [0.5, 0.6) is 11.5 Å². The van der Waals surface area contributed by atoms with Crippen molar-refractivity contribution in [1.82, 2.24) is 0 Å². The highest BCUT2D eigenvalue weighted by atomic mass is 35.5. The van der Waals surface area contributed by atoms with Crippen LogP contribution in [0.4, 0.5) is 5.00 Å². The second-order valence-electron chi connectivity index (χ2n) is 5.26. The maximum atomic E-state index is 11.9. The number of hydrogen-bond acceptors (Lipinski definition) is 7. The molecule has 2 aromatic rings. The van der Waals surface area contributed by atoms with E-state index in [1.165, 1.54) is 26.4 Å². The van der Waals surface area contributed by atoms with E-state index < -0.39 is 24.4 Å². The molecule has 0 saturated carbocycles. The number of primary amides is 1. The highest BCUT2D eigenvalue weighted by Gasteiger charge is 2.14. The summed E-state index contributed by atoms with van der Waals surface area (Å²) in [6.07, 6.45) is 2.60. The third kappa shape index (κ3) is 5.48. The summed E-state index contributed by atoms with van der Waals surface area (Å²) in [5.74, 6) is -1.21. The Kier molecular flexibility index (Phi) is 7.42. The Hall–Kier alpha value is -3.04. The molecule has 0 spiro atoms. The van der Waals surface area contributed by atoms with Gasteiger partial charge in [0.2, 0.25) is 0 Å². The highest BCUT2D eigenvalue weighted by Crippen LogP contribution is 2.36. The van der Waals surface area contributed by atoms with Crippen LogP contribution in [0.1, 0.15) is 15.9 Å². The summed E-state index contributed by atoms with van der Waals surface area (Å²) in [7, 11) is 2.93. The maximum absolute atomic E-state index is 11.9. The summed E-state index contributed by atoms with van der Waals surface area (Å²) in [6, 6.07) is 4.70. The number of rotatable bonds is 8. The van der Waals surface area contributed by atoms with Crippen molar-refractivity contribution >= 4 is 51.8 Å². The predicted molar refractivity (Wildman–Crippen MR) is 106 cm³/mol. The molecule has 148 valence electrons. The van der Waals surface area contributed by atoms with Crippen LogP contribution >= 0.6 is 22.9 Å². The summed E-state index contributed by atoms with van der Waals surface area (Å²) >= 11 is 7.23. The number of carbonyl (C=O) groups excluding carboxylic acids is 3. The summed E-state index contributed by atoms with van der Waals surface area (Å²) in [5, 5.41) is 4.69. The van der Waals surface area contributed by atoms with Crippen molar-refractivity contribution in [2.24, 2.45) is 5.73 Å². The number of esters is 1. The van der Waals surface area contributed by atoms with E-state index in [0.29, 0.717) is 27.1 Å². The van der Waals surface area contributed by atoms with E-state index in [4.69, 9.17) is 31.5 Å². The highest BCUT2D eigenvalue weighted by molar-refractivity contribution is 7.14. The van der Waals surface area contributed by atoms with Gasteiger partial charge in [-0.05, 0) is 35.2 Å². The number of carbonyl (C=O) groups is 3. The number of nitrogens with two attached hydrogens (primary N) is 1. The Morgan fingerprint density at radius 3 is 2.64 bits per heavy atom. The van der Waals surface area contributed by atoms with Gasteiger partial charge >= 0.3 is 5.97 Å². The molecule has 2 amide bonds. The van der Waals surface area contributed by atoms with Crippen molar-refractivity contribution in [3.63, 3.8) is 0 Å². The van der Waals surface area contributed by atoms with E-state index in [1.807, 2.05) is 0 Å². The van der Waals surface area contributed by atoms with Gasteiger partial charge in [0.25, 0.3) is 11.8 Å². The zero-order valence-electron chi connectivity index (χ0n) is 15.0. The normalized spacial score (nSPS) is 10.5. The minimum absolute atomic E-state index is 0.190. The smallest absolute Gasteiger partial charge is 0.331 e. The van der Waals surface area contributed by atoms with Crippen LogP contribution in [0, 0.1) is 0 Å². The van der Waals surface area contributed by atoms with Crippen LogP contribution in [-0.2, 0) is 14.3 Å². The number of amides is 2. The number of thiophene rings is 1. The Labute approximate surface area is 169 Å². The fourth-order valence-corrected chi connectivity index (χ4v) is 3.25. The average Bonchev–Trinajstić information content (AvgIpc) is 3.12. The topological polar surface area (TPSA) is 117 Å². The molecule has 0 fully saturated rings. The second-order valence-corrected chi connectivity index (χ2v) is 6.58. The molecule has 1 aromatic heterocycles. The Bertz CT molecular complexity index is 925. The summed E-state index contributed by atoms with van der Waals surface area (Å²) in [6.45, 7) is -0.522. The van der Waals surface area contributed by atoms with Crippen LogP contribution < -0.4 is 20.5 Å². The fraction of sp³-hybridized carbons (Fsp3) is 0.167. The van der Waals surface area contributed by atoms with Crippen LogP contribution in [0.2, 0.25) is 5.02 Å². The number of nitrogens with one attached hydrogen (secondary N) is 1. The molecule has 0 atom stereocenters. The molecule has 0 saturated heterocycles. The van der Waals surface area contributed by atoms with Gasteiger partial charge in [0.05, 0.1) is 24.8 Å². The van der Waals surface area contributed by atoms with E-state index in [-0.39, 0.29) is 5.56 Å². The molecule has 3 N–H and O–H groups in total. The summed E-state index contributed by atoms with van der Waals surface area (Å²) < 4.78 is 15.2. The first-order valence-electron chi connectivity index (χ1n) is 7.79. The number of ether oxygens (including phenoxy) is 3. The molecule has 1 heterocycles. The SMILES string of the molecule is COc1cc(C=CC(=O)OCC(=O)Nc2sccc2C(N)=O)cc(Cl)c1OC. The monoisotopic (exact) mass is 424 g/mol. The van der Waals surface area contributed by atoms with Crippen LogP contribution in [-0.4, -0.2) is 38.6 Å². The van der Waals surface area contributed by atoms with Crippen LogP contribution in [0.25, 0.3) is 6.08 Å². The van der Waals surface area contributed by atoms with Gasteiger partial charge in [0, 0.05) is 6.08 Å². The lowest BCUT2D eigenvalue weighted by Crippen LogP contribution is -2.21. The number of methoxy groups -OCH3 is 2. The van der Waals surface area contributed by atoms with Crippen molar-refractivity contribution in [1.29, 1.82) is 0 Å². The molecule has 1 aromatic carbocycles. The van der Waals surface area contributed by atoms with Crippen molar-refractivity contribution in [3.05, 3.63) is 45.8 Å². The first kappa shape index (κ1) is 21.3. The molecule has 8 nitrogen and oxygen atoms in total. The summed E-state index contributed by atoms with van der Waals surface area (Å²) in [4.78, 5) is 34.9. The lowest BCUT2D eigenvalue weighted by Gasteiger charge is -2.10. The molecular formula is C18H17ClN2O6S. The van der Waals surface area contributed by atoms with Gasteiger partial charge in [-0.3, -0.25) is 9.59 Å². The second kappa shape index (κ2) is 9.77. The molecule has 0 unspecified atom stereocenters. The molecule has 0 aliphatic rings. The zero-order valence-corrected chi connectivity index (χ0v) is 16.6. The van der Waals surface area contributed by atoms with Crippen molar-refractivity contribution < 1.29 is 28.6 Å². The van der Waals surface area contributed by atoms with Gasteiger partial charge in [-0.25, -0.2) is 4.79 Å². The first-order chi connectivity index (χ1) is 13.3. The molecule has 2 rings (SSSR count). The standard InChI is InChI=1S/C18H17ClN2O6S/c1-25-13-8-10(7-12(19)16(13)26-2)3-4-15(23)27-9-14(22)21-18-11(17(20)24)5-6-28-18/h3-8H,9H2,1-2H3,(H2,20,24)(H,21,22). The number of anilines is 1. The average molecular weight is 425 g/mol. The third-order valence-corrected chi connectivity index (χ3v) is 4.51. The van der Waals surface area contributed by atoms with Gasteiger partial charge in [-0.2, -0.15) is 0 Å². The van der Waals surface area contributed by atoms with E-state index in [9.17, 15) is 14.4 Å². The van der Waals surface area contributed by atoms with Crippen molar-refractivity contribution in [2.45, 2.75) is 0 Å². The molecule has 0 radical (unpaired) electrons. The minimum atomic E-state index is -0.734. The van der Waals surface area contributed by atoms with Gasteiger partial charge in [-0.15, -0.1) is 11.3 Å². The van der Waals surface area contributed by atoms with Gasteiger partial charge < -0.3 is 25.3 Å². The summed E-state index contributed by atoms with van der Waals surface area (Å²) in [5.41, 5.74) is 5.96. The first-order valence-corrected chi connectivity index (χ1v) is 9.05. The number of halogens is 1. The molecule has 28 heavy (non-hydrogen) atoms. The fourth-order valence-electron chi connectivity index (χ4n) is 2.15. The van der Waals surface area contributed by atoms with Crippen molar-refractivity contribution in [3.8, 4) is 11.5 Å². The van der Waals surface area contributed by atoms with Crippen LogP contribution in [0.3, 0.4) is 0 Å². The Morgan fingerprint density at radius 2 is 2.00 bits per heavy atom. The molecule has 10 heteroatoms. The zero-order chi connectivity index (χ0) is 20.7.